The van der Waals surface area contributed by atoms with E-state index in [-0.39, 0.29) is 12.0 Å². The fourth-order valence-electron chi connectivity index (χ4n) is 4.01. The van der Waals surface area contributed by atoms with Gasteiger partial charge in [0.15, 0.2) is 0 Å². The second-order valence-electron chi connectivity index (χ2n) is 7.51. The highest BCUT2D eigenvalue weighted by Crippen LogP contribution is 2.27. The summed E-state index contributed by atoms with van der Waals surface area (Å²) < 4.78 is 0. The van der Waals surface area contributed by atoms with E-state index in [1.807, 2.05) is 0 Å². The Bertz CT molecular complexity index is 339. The molecule has 4 nitrogen and oxygen atoms in total. The highest BCUT2D eigenvalue weighted by atomic mass is 16.2. The maximum Gasteiger partial charge on any atom is 0.225 e. The minimum atomic E-state index is 0.201. The summed E-state index contributed by atoms with van der Waals surface area (Å²) in [5.41, 5.74) is 6.03. The largest absolute Gasteiger partial charge is 0.342 e. The minimum absolute atomic E-state index is 0.201. The molecule has 1 amide bonds. The molecule has 0 spiro atoms. The average molecular weight is 309 g/mol. The number of hydrogen-bond acceptors (Lipinski definition) is 3. The summed E-state index contributed by atoms with van der Waals surface area (Å²) in [5, 5.41) is 0. The zero-order chi connectivity index (χ0) is 15.9. The van der Waals surface area contributed by atoms with Crippen molar-refractivity contribution in [2.45, 2.75) is 64.3 Å². The summed E-state index contributed by atoms with van der Waals surface area (Å²) in [7, 11) is 2.23. The van der Waals surface area contributed by atoms with Crippen LogP contribution in [0.2, 0.25) is 0 Å². The van der Waals surface area contributed by atoms with Gasteiger partial charge in [0, 0.05) is 31.6 Å². The lowest BCUT2D eigenvalue weighted by atomic mass is 9.84. The van der Waals surface area contributed by atoms with Gasteiger partial charge in [-0.25, -0.2) is 0 Å². The van der Waals surface area contributed by atoms with Gasteiger partial charge in [-0.1, -0.05) is 19.8 Å². The van der Waals surface area contributed by atoms with Crippen LogP contribution in [0.1, 0.15) is 58.3 Å². The van der Waals surface area contributed by atoms with Crippen LogP contribution >= 0.6 is 0 Å². The first-order valence-electron chi connectivity index (χ1n) is 9.33. The number of carbonyl (C=O) groups is 1. The molecule has 22 heavy (non-hydrogen) atoms. The number of amides is 1. The summed E-state index contributed by atoms with van der Waals surface area (Å²) in [6.45, 7) is 6.55. The van der Waals surface area contributed by atoms with E-state index in [0.29, 0.717) is 5.91 Å². The number of nitrogens with zero attached hydrogens (tertiary/aromatic N) is 2. The predicted octanol–water partition coefficient (Wildman–Crippen LogP) is 2.47. The molecule has 4 heteroatoms. The van der Waals surface area contributed by atoms with Crippen molar-refractivity contribution in [1.82, 2.24) is 9.80 Å². The molecule has 1 saturated heterocycles. The Labute approximate surface area is 136 Å². The average Bonchev–Trinajstić information content (AvgIpc) is 2.53. The zero-order valence-corrected chi connectivity index (χ0v) is 14.6. The molecule has 1 aliphatic carbocycles. The van der Waals surface area contributed by atoms with Gasteiger partial charge < -0.3 is 15.5 Å². The zero-order valence-electron chi connectivity index (χ0n) is 14.6. The smallest absolute Gasteiger partial charge is 0.225 e. The van der Waals surface area contributed by atoms with Gasteiger partial charge in [0.05, 0.1) is 0 Å². The van der Waals surface area contributed by atoms with Gasteiger partial charge >= 0.3 is 0 Å². The first kappa shape index (κ1) is 17.7. The fraction of sp³-hybridized carbons (Fsp3) is 0.944. The molecule has 0 aromatic rings. The van der Waals surface area contributed by atoms with Crippen LogP contribution in [0.25, 0.3) is 0 Å². The van der Waals surface area contributed by atoms with Crippen LogP contribution in [0, 0.1) is 11.8 Å². The van der Waals surface area contributed by atoms with Crippen LogP contribution in [0.5, 0.6) is 0 Å². The normalized spacial score (nSPS) is 27.4. The maximum absolute atomic E-state index is 12.6. The Morgan fingerprint density at radius 1 is 1.23 bits per heavy atom. The number of hydrogen-bond donors (Lipinski definition) is 1. The summed E-state index contributed by atoms with van der Waals surface area (Å²) in [6.07, 6.45) is 9.05. The van der Waals surface area contributed by atoms with Gasteiger partial charge in [-0.2, -0.15) is 0 Å². The predicted molar refractivity (Wildman–Crippen MR) is 91.6 cm³/mol. The second kappa shape index (κ2) is 8.88. The summed E-state index contributed by atoms with van der Waals surface area (Å²) >= 11 is 0. The van der Waals surface area contributed by atoms with Gasteiger partial charge in [0.2, 0.25) is 5.91 Å². The summed E-state index contributed by atoms with van der Waals surface area (Å²) in [6, 6.07) is 0.243. The monoisotopic (exact) mass is 309 g/mol. The molecule has 1 heterocycles. The SMILES string of the molecule is CCCCN(C)CC1CCN(C(=O)C2CCCC(N)C2)CC1. The Kier molecular flexibility index (Phi) is 7.16. The Morgan fingerprint density at radius 3 is 2.59 bits per heavy atom. The van der Waals surface area contributed by atoms with E-state index in [0.717, 1.165) is 44.7 Å². The number of rotatable bonds is 6. The Hall–Kier alpha value is -0.610. The van der Waals surface area contributed by atoms with Crippen LogP contribution in [0.4, 0.5) is 0 Å². The highest BCUT2D eigenvalue weighted by molar-refractivity contribution is 5.79. The van der Waals surface area contributed by atoms with E-state index >= 15 is 0 Å². The lowest BCUT2D eigenvalue weighted by Crippen LogP contribution is -2.45. The molecule has 0 aromatic carbocycles. The molecule has 2 atom stereocenters. The van der Waals surface area contributed by atoms with Crippen molar-refractivity contribution in [2.24, 2.45) is 17.6 Å². The minimum Gasteiger partial charge on any atom is -0.342 e. The van der Waals surface area contributed by atoms with Crippen molar-refractivity contribution >= 4 is 5.91 Å². The van der Waals surface area contributed by atoms with E-state index in [2.05, 4.69) is 23.8 Å². The fourth-order valence-corrected chi connectivity index (χ4v) is 4.01. The Morgan fingerprint density at radius 2 is 1.95 bits per heavy atom. The summed E-state index contributed by atoms with van der Waals surface area (Å²) in [4.78, 5) is 17.2. The van der Waals surface area contributed by atoms with E-state index in [1.165, 1.54) is 38.8 Å². The van der Waals surface area contributed by atoms with E-state index < -0.39 is 0 Å². The molecule has 0 radical (unpaired) electrons. The molecule has 2 aliphatic rings. The molecule has 1 saturated carbocycles. The van der Waals surface area contributed by atoms with Crippen molar-refractivity contribution in [3.63, 3.8) is 0 Å². The number of nitrogens with two attached hydrogens (primary N) is 1. The molecule has 2 fully saturated rings. The molecular weight excluding hydrogens is 274 g/mol. The first-order chi connectivity index (χ1) is 10.6. The lowest BCUT2D eigenvalue weighted by Gasteiger charge is -2.37. The van der Waals surface area contributed by atoms with Crippen molar-refractivity contribution in [2.75, 3.05) is 33.2 Å². The van der Waals surface area contributed by atoms with Crippen LogP contribution in [-0.2, 0) is 4.79 Å². The number of carbonyl (C=O) groups excluding carboxylic acids is 1. The molecule has 1 aliphatic heterocycles. The molecule has 128 valence electrons. The van der Waals surface area contributed by atoms with Gasteiger partial charge in [-0.3, -0.25) is 4.79 Å². The van der Waals surface area contributed by atoms with Crippen LogP contribution in [0.15, 0.2) is 0 Å². The standard InChI is InChI=1S/C18H35N3O/c1-3-4-10-20(2)14-15-8-11-21(12-9-15)18(22)16-6-5-7-17(19)13-16/h15-17H,3-14,19H2,1-2H3. The molecule has 0 aromatic heterocycles. The van der Waals surface area contributed by atoms with Crippen molar-refractivity contribution < 1.29 is 4.79 Å². The number of likely N-dealkylation sites (tertiary alicyclic amines) is 1. The Balaban J connectivity index is 1.71. The second-order valence-corrected chi connectivity index (χ2v) is 7.51. The maximum atomic E-state index is 12.6. The van der Waals surface area contributed by atoms with Gasteiger partial charge in [-0.05, 0) is 58.0 Å². The van der Waals surface area contributed by atoms with Crippen molar-refractivity contribution in [3.05, 3.63) is 0 Å². The van der Waals surface area contributed by atoms with Crippen molar-refractivity contribution in [1.29, 1.82) is 0 Å². The number of unbranched alkanes of at least 4 members (excludes halogenated alkanes) is 1. The lowest BCUT2D eigenvalue weighted by molar-refractivity contribution is -0.138. The third-order valence-electron chi connectivity index (χ3n) is 5.45. The van der Waals surface area contributed by atoms with E-state index in [1.54, 1.807) is 0 Å². The highest BCUT2D eigenvalue weighted by Gasteiger charge is 2.31. The topological polar surface area (TPSA) is 49.6 Å². The van der Waals surface area contributed by atoms with Gasteiger partial charge in [0.1, 0.15) is 0 Å². The third kappa shape index (κ3) is 5.24. The molecular formula is C18H35N3O. The quantitative estimate of drug-likeness (QED) is 0.820. The van der Waals surface area contributed by atoms with Gasteiger partial charge in [0.25, 0.3) is 0 Å². The summed E-state index contributed by atoms with van der Waals surface area (Å²) in [5.74, 6) is 1.35. The van der Waals surface area contributed by atoms with Crippen LogP contribution in [-0.4, -0.2) is 55.0 Å². The first-order valence-corrected chi connectivity index (χ1v) is 9.33. The molecule has 2 N–H and O–H groups in total. The van der Waals surface area contributed by atoms with E-state index in [9.17, 15) is 4.79 Å². The van der Waals surface area contributed by atoms with Crippen LogP contribution < -0.4 is 5.73 Å². The number of piperidine rings is 1. The van der Waals surface area contributed by atoms with Crippen LogP contribution in [0.3, 0.4) is 0 Å². The molecule has 2 rings (SSSR count). The van der Waals surface area contributed by atoms with Crippen molar-refractivity contribution in [3.8, 4) is 0 Å². The van der Waals surface area contributed by atoms with E-state index in [4.69, 9.17) is 5.73 Å². The molecule has 2 unspecified atom stereocenters. The van der Waals surface area contributed by atoms with Gasteiger partial charge in [-0.15, -0.1) is 0 Å². The third-order valence-corrected chi connectivity index (χ3v) is 5.45. The molecule has 0 bridgehead atoms.